The highest BCUT2D eigenvalue weighted by Crippen LogP contribution is 2.22. The highest BCUT2D eigenvalue weighted by molar-refractivity contribution is 7.89. The van der Waals surface area contributed by atoms with Gasteiger partial charge in [-0.2, -0.15) is 9.40 Å². The fraction of sp³-hybridized carbons (Fsp3) is 0.750. The summed E-state index contributed by atoms with van der Waals surface area (Å²) in [7, 11) is -2.08. The van der Waals surface area contributed by atoms with E-state index in [1.165, 1.54) is 4.31 Å². The van der Waals surface area contributed by atoms with Crippen LogP contribution in [-0.4, -0.2) is 49.2 Å². The van der Waals surface area contributed by atoms with Gasteiger partial charge >= 0.3 is 0 Å². The number of nitrogens with one attached hydrogen (secondary N) is 1. The average Bonchev–Trinajstić information content (AvgIpc) is 2.81. The summed E-state index contributed by atoms with van der Waals surface area (Å²) in [6, 6.07) is 0. The summed E-state index contributed by atoms with van der Waals surface area (Å²) in [5, 5.41) is 6.59. The van der Waals surface area contributed by atoms with E-state index < -0.39 is 10.0 Å². The standard InChI is InChI=1S/C12H20ClN3O3S/c1-9-11(7-13)12(15-14-9)20(17,18)16(2)8-10-5-3-4-6-19-10/h10H,3-8H2,1-2H3,(H,14,15). The van der Waals surface area contributed by atoms with E-state index in [0.29, 0.717) is 24.4 Å². The molecule has 0 aliphatic carbocycles. The molecule has 1 atom stereocenters. The predicted molar refractivity (Wildman–Crippen MR) is 76.3 cm³/mol. The van der Waals surface area contributed by atoms with Gasteiger partial charge in [-0.05, 0) is 26.2 Å². The molecule has 0 amide bonds. The highest BCUT2D eigenvalue weighted by atomic mass is 35.5. The smallest absolute Gasteiger partial charge is 0.262 e. The number of alkyl halides is 1. The molecular weight excluding hydrogens is 302 g/mol. The summed E-state index contributed by atoms with van der Waals surface area (Å²) in [6.45, 7) is 2.80. The second kappa shape index (κ2) is 6.43. The van der Waals surface area contributed by atoms with E-state index >= 15 is 0 Å². The van der Waals surface area contributed by atoms with Gasteiger partial charge in [0, 0.05) is 31.5 Å². The minimum atomic E-state index is -3.63. The molecule has 2 heterocycles. The van der Waals surface area contributed by atoms with Crippen molar-refractivity contribution in [1.29, 1.82) is 0 Å². The van der Waals surface area contributed by atoms with Crippen molar-refractivity contribution >= 4 is 21.6 Å². The van der Waals surface area contributed by atoms with E-state index in [4.69, 9.17) is 16.3 Å². The second-order valence-corrected chi connectivity index (χ2v) is 7.27. The van der Waals surface area contributed by atoms with Crippen molar-refractivity contribution in [2.75, 3.05) is 20.2 Å². The highest BCUT2D eigenvalue weighted by Gasteiger charge is 2.30. The van der Waals surface area contributed by atoms with Crippen molar-refractivity contribution in [3.05, 3.63) is 11.3 Å². The molecule has 114 valence electrons. The lowest BCUT2D eigenvalue weighted by Gasteiger charge is -2.26. The van der Waals surface area contributed by atoms with Gasteiger partial charge in [0.15, 0.2) is 5.03 Å². The summed E-state index contributed by atoms with van der Waals surface area (Å²) >= 11 is 5.81. The first-order valence-corrected chi connectivity index (χ1v) is 8.62. The summed E-state index contributed by atoms with van der Waals surface area (Å²) in [4.78, 5) is 0. The van der Waals surface area contributed by atoms with Gasteiger partial charge in [0.1, 0.15) is 0 Å². The summed E-state index contributed by atoms with van der Waals surface area (Å²) in [6.07, 6.45) is 2.97. The maximum Gasteiger partial charge on any atom is 0.262 e. The SMILES string of the molecule is Cc1[nH]nc(S(=O)(=O)N(C)CC2CCCCO2)c1CCl. The fourth-order valence-electron chi connectivity index (χ4n) is 2.28. The van der Waals surface area contributed by atoms with E-state index in [-0.39, 0.29) is 17.0 Å². The number of rotatable bonds is 5. The Bertz CT molecular complexity index is 552. The number of aromatic nitrogens is 2. The second-order valence-electron chi connectivity index (χ2n) is 5.04. The molecule has 1 fully saturated rings. The Labute approximate surface area is 124 Å². The molecular formula is C12H20ClN3O3S. The Morgan fingerprint density at radius 1 is 1.50 bits per heavy atom. The number of hydrogen-bond donors (Lipinski definition) is 1. The van der Waals surface area contributed by atoms with Gasteiger partial charge in [0.25, 0.3) is 10.0 Å². The van der Waals surface area contributed by atoms with Crippen LogP contribution >= 0.6 is 11.6 Å². The normalized spacial score (nSPS) is 20.5. The van der Waals surface area contributed by atoms with Gasteiger partial charge in [-0.1, -0.05) is 0 Å². The molecule has 0 spiro atoms. The van der Waals surface area contributed by atoms with Crippen molar-refractivity contribution in [3.63, 3.8) is 0 Å². The molecule has 1 unspecified atom stereocenters. The van der Waals surface area contributed by atoms with Gasteiger partial charge < -0.3 is 4.74 Å². The van der Waals surface area contributed by atoms with E-state index in [2.05, 4.69) is 10.2 Å². The number of halogens is 1. The third-order valence-electron chi connectivity index (χ3n) is 3.56. The van der Waals surface area contributed by atoms with Crippen molar-refractivity contribution < 1.29 is 13.2 Å². The number of nitrogens with zero attached hydrogens (tertiary/aromatic N) is 2. The zero-order valence-electron chi connectivity index (χ0n) is 11.7. The van der Waals surface area contributed by atoms with Crippen molar-refractivity contribution in [1.82, 2.24) is 14.5 Å². The fourth-order valence-corrected chi connectivity index (χ4v) is 4.05. The van der Waals surface area contributed by atoms with Crippen LogP contribution in [0, 0.1) is 6.92 Å². The zero-order valence-corrected chi connectivity index (χ0v) is 13.3. The van der Waals surface area contributed by atoms with Gasteiger partial charge in [0.2, 0.25) is 0 Å². The van der Waals surface area contributed by atoms with Crippen LogP contribution in [0.4, 0.5) is 0 Å². The van der Waals surface area contributed by atoms with E-state index in [9.17, 15) is 8.42 Å². The summed E-state index contributed by atoms with van der Waals surface area (Å²) < 4.78 is 31.9. The molecule has 8 heteroatoms. The van der Waals surface area contributed by atoms with Crippen LogP contribution in [-0.2, 0) is 20.6 Å². The topological polar surface area (TPSA) is 75.3 Å². The minimum absolute atomic E-state index is 0.0170. The number of H-pyrrole nitrogens is 1. The van der Waals surface area contributed by atoms with Crippen molar-refractivity contribution in [2.24, 2.45) is 0 Å². The lowest BCUT2D eigenvalue weighted by atomic mass is 10.1. The number of aryl methyl sites for hydroxylation is 1. The Morgan fingerprint density at radius 3 is 2.85 bits per heavy atom. The van der Waals surface area contributed by atoms with Crippen LogP contribution in [0.3, 0.4) is 0 Å². The Kier molecular flexibility index (Phi) is 5.06. The van der Waals surface area contributed by atoms with Gasteiger partial charge in [-0.25, -0.2) is 8.42 Å². The van der Waals surface area contributed by atoms with Crippen molar-refractivity contribution in [3.8, 4) is 0 Å². The average molecular weight is 322 g/mol. The van der Waals surface area contributed by atoms with Gasteiger partial charge in [-0.3, -0.25) is 5.10 Å². The van der Waals surface area contributed by atoms with E-state index in [1.54, 1.807) is 14.0 Å². The zero-order chi connectivity index (χ0) is 14.8. The molecule has 20 heavy (non-hydrogen) atoms. The largest absolute Gasteiger partial charge is 0.377 e. The predicted octanol–water partition coefficient (Wildman–Crippen LogP) is 1.65. The molecule has 0 saturated carbocycles. The quantitative estimate of drug-likeness (QED) is 0.837. The first-order valence-electron chi connectivity index (χ1n) is 6.64. The summed E-state index contributed by atoms with van der Waals surface area (Å²) in [5.74, 6) is 0.116. The summed E-state index contributed by atoms with van der Waals surface area (Å²) in [5.41, 5.74) is 1.21. The van der Waals surface area contributed by atoms with Crippen LogP contribution in [0.25, 0.3) is 0 Å². The lowest BCUT2D eigenvalue weighted by Crippen LogP contribution is -2.37. The molecule has 1 saturated heterocycles. The Balaban J connectivity index is 2.16. The minimum Gasteiger partial charge on any atom is -0.377 e. The molecule has 2 rings (SSSR count). The third-order valence-corrected chi connectivity index (χ3v) is 5.62. The third kappa shape index (κ3) is 3.16. The lowest BCUT2D eigenvalue weighted by molar-refractivity contribution is 0.00856. The Morgan fingerprint density at radius 2 is 2.25 bits per heavy atom. The van der Waals surface area contributed by atoms with Gasteiger partial charge in [-0.15, -0.1) is 11.6 Å². The number of hydrogen-bond acceptors (Lipinski definition) is 4. The monoisotopic (exact) mass is 321 g/mol. The van der Waals surface area contributed by atoms with Crippen LogP contribution in [0.1, 0.15) is 30.5 Å². The van der Waals surface area contributed by atoms with Gasteiger partial charge in [0.05, 0.1) is 12.0 Å². The van der Waals surface area contributed by atoms with E-state index in [0.717, 1.165) is 19.3 Å². The molecule has 1 aliphatic heterocycles. The molecule has 1 aromatic heterocycles. The molecule has 1 aliphatic rings. The number of aromatic amines is 1. The molecule has 0 radical (unpaired) electrons. The van der Waals surface area contributed by atoms with Crippen LogP contribution in [0.15, 0.2) is 5.03 Å². The maximum absolute atomic E-state index is 12.5. The first-order chi connectivity index (χ1) is 9.46. The molecule has 0 bridgehead atoms. The van der Waals surface area contributed by atoms with Crippen LogP contribution < -0.4 is 0 Å². The van der Waals surface area contributed by atoms with E-state index in [1.807, 2.05) is 0 Å². The molecule has 1 N–H and O–H groups in total. The molecule has 0 aromatic carbocycles. The maximum atomic E-state index is 12.5. The van der Waals surface area contributed by atoms with Crippen LogP contribution in [0.2, 0.25) is 0 Å². The van der Waals surface area contributed by atoms with Crippen LogP contribution in [0.5, 0.6) is 0 Å². The van der Waals surface area contributed by atoms with Crippen molar-refractivity contribution in [2.45, 2.75) is 43.2 Å². The first kappa shape index (κ1) is 15.8. The number of ether oxygens (including phenoxy) is 1. The molecule has 1 aromatic rings. The Hall–Kier alpha value is -0.630. The molecule has 6 nitrogen and oxygen atoms in total. The number of sulfonamides is 1. The number of likely N-dealkylation sites (N-methyl/N-ethyl adjacent to an activating group) is 1.